The zero-order valence-electron chi connectivity index (χ0n) is 13.4. The van der Waals surface area contributed by atoms with Crippen LogP contribution in [0.3, 0.4) is 0 Å². The van der Waals surface area contributed by atoms with Crippen LogP contribution in [0.15, 0.2) is 75.9 Å². The molecular formula is C21H12Cl2O3. The summed E-state index contributed by atoms with van der Waals surface area (Å²) in [6, 6.07) is 18.5. The molecule has 5 heteroatoms. The highest BCUT2D eigenvalue weighted by Crippen LogP contribution is 2.34. The second-order valence-corrected chi connectivity index (χ2v) is 6.74. The third kappa shape index (κ3) is 3.07. The normalized spacial score (nSPS) is 11.0. The van der Waals surface area contributed by atoms with Gasteiger partial charge in [-0.25, -0.2) is 0 Å². The Morgan fingerprint density at radius 2 is 1.58 bits per heavy atom. The maximum atomic E-state index is 12.6. The van der Waals surface area contributed by atoms with Crippen molar-refractivity contribution in [1.82, 2.24) is 0 Å². The van der Waals surface area contributed by atoms with E-state index in [-0.39, 0.29) is 11.2 Å². The Hall–Kier alpha value is -2.75. The molecule has 0 radical (unpaired) electrons. The van der Waals surface area contributed by atoms with Gasteiger partial charge < -0.3 is 9.52 Å². The summed E-state index contributed by atoms with van der Waals surface area (Å²) in [6.45, 7) is 0. The minimum atomic E-state index is -0.194. The Labute approximate surface area is 159 Å². The third-order valence-corrected chi connectivity index (χ3v) is 4.53. The molecule has 0 aliphatic heterocycles. The summed E-state index contributed by atoms with van der Waals surface area (Å²) in [5.74, 6) is 0.552. The fourth-order valence-electron chi connectivity index (χ4n) is 2.86. The molecule has 0 unspecified atom stereocenters. The largest absolute Gasteiger partial charge is 0.508 e. The molecule has 1 N–H and O–H groups in total. The van der Waals surface area contributed by atoms with E-state index in [0.29, 0.717) is 37.9 Å². The number of halogens is 2. The molecule has 0 atom stereocenters. The quantitative estimate of drug-likeness (QED) is 0.452. The number of hydrogen-bond acceptors (Lipinski definition) is 3. The molecule has 3 nitrogen and oxygen atoms in total. The van der Waals surface area contributed by atoms with E-state index in [0.717, 1.165) is 5.56 Å². The molecule has 3 aromatic carbocycles. The summed E-state index contributed by atoms with van der Waals surface area (Å²) in [5, 5.41) is 10.9. The van der Waals surface area contributed by atoms with Gasteiger partial charge in [-0.1, -0.05) is 35.3 Å². The van der Waals surface area contributed by atoms with Crippen molar-refractivity contribution in [2.75, 3.05) is 0 Å². The predicted octanol–water partition coefficient (Wildman–Crippen LogP) is 6.14. The second-order valence-electron chi connectivity index (χ2n) is 5.86. The standard InChI is InChI=1S/C21H12Cl2O3/c22-14-3-1-2-13(8-14)17-9-15(23)10-18-19(25)11-20(26-21(17)18)12-4-6-16(24)7-5-12/h1-11,24H. The van der Waals surface area contributed by atoms with E-state index in [1.165, 1.54) is 6.07 Å². The number of hydrogen-bond donors (Lipinski definition) is 1. The second kappa shape index (κ2) is 6.52. The summed E-state index contributed by atoms with van der Waals surface area (Å²) in [4.78, 5) is 12.6. The monoisotopic (exact) mass is 382 g/mol. The van der Waals surface area contributed by atoms with Crippen molar-refractivity contribution in [3.8, 4) is 28.2 Å². The van der Waals surface area contributed by atoms with Gasteiger partial charge in [0.25, 0.3) is 0 Å². The average molecular weight is 383 g/mol. The van der Waals surface area contributed by atoms with Gasteiger partial charge in [0, 0.05) is 27.2 Å². The number of rotatable bonds is 2. The summed E-state index contributed by atoms with van der Waals surface area (Å²) >= 11 is 12.3. The maximum Gasteiger partial charge on any atom is 0.193 e. The molecule has 0 fully saturated rings. The predicted molar refractivity (Wildman–Crippen MR) is 105 cm³/mol. The van der Waals surface area contributed by atoms with E-state index >= 15 is 0 Å². The van der Waals surface area contributed by atoms with Gasteiger partial charge in [-0.3, -0.25) is 4.79 Å². The maximum absolute atomic E-state index is 12.6. The van der Waals surface area contributed by atoms with Gasteiger partial charge in [0.1, 0.15) is 17.1 Å². The first-order chi connectivity index (χ1) is 12.5. The summed E-state index contributed by atoms with van der Waals surface area (Å²) in [7, 11) is 0. The van der Waals surface area contributed by atoms with Crippen LogP contribution in [0.25, 0.3) is 33.4 Å². The molecule has 0 spiro atoms. The molecular weight excluding hydrogens is 371 g/mol. The van der Waals surface area contributed by atoms with E-state index in [4.69, 9.17) is 27.6 Å². The summed E-state index contributed by atoms with van der Waals surface area (Å²) < 4.78 is 6.07. The fourth-order valence-corrected chi connectivity index (χ4v) is 3.27. The van der Waals surface area contributed by atoms with Gasteiger partial charge >= 0.3 is 0 Å². The van der Waals surface area contributed by atoms with Crippen LogP contribution in [0.2, 0.25) is 10.0 Å². The van der Waals surface area contributed by atoms with Crippen molar-refractivity contribution in [3.63, 3.8) is 0 Å². The smallest absolute Gasteiger partial charge is 0.193 e. The number of phenols is 1. The van der Waals surface area contributed by atoms with E-state index in [1.807, 2.05) is 12.1 Å². The Bertz CT molecular complexity index is 1180. The molecule has 1 heterocycles. The topological polar surface area (TPSA) is 50.4 Å². The SMILES string of the molecule is O=c1cc(-c2ccc(O)cc2)oc2c(-c3cccc(Cl)c3)cc(Cl)cc12. The van der Waals surface area contributed by atoms with Crippen LogP contribution in [0, 0.1) is 0 Å². The molecule has 0 amide bonds. The van der Waals surface area contributed by atoms with Gasteiger partial charge in [-0.05, 0) is 54.1 Å². The van der Waals surface area contributed by atoms with E-state index < -0.39 is 0 Å². The number of phenolic OH excluding ortho intramolecular Hbond substituents is 1. The highest BCUT2D eigenvalue weighted by atomic mass is 35.5. The zero-order valence-corrected chi connectivity index (χ0v) is 14.9. The zero-order chi connectivity index (χ0) is 18.3. The lowest BCUT2D eigenvalue weighted by atomic mass is 10.0. The van der Waals surface area contributed by atoms with Gasteiger partial charge in [0.15, 0.2) is 5.43 Å². The Balaban J connectivity index is 2.03. The van der Waals surface area contributed by atoms with Crippen molar-refractivity contribution in [2.45, 2.75) is 0 Å². The molecule has 0 saturated carbocycles. The highest BCUT2D eigenvalue weighted by molar-refractivity contribution is 6.32. The highest BCUT2D eigenvalue weighted by Gasteiger charge is 2.14. The number of benzene rings is 3. The van der Waals surface area contributed by atoms with E-state index in [1.54, 1.807) is 48.5 Å². The van der Waals surface area contributed by atoms with Crippen LogP contribution in [0.5, 0.6) is 5.75 Å². The molecule has 128 valence electrons. The minimum absolute atomic E-state index is 0.142. The van der Waals surface area contributed by atoms with Gasteiger partial charge in [0.2, 0.25) is 0 Å². The van der Waals surface area contributed by atoms with Crippen molar-refractivity contribution in [2.24, 2.45) is 0 Å². The van der Waals surface area contributed by atoms with Crippen molar-refractivity contribution < 1.29 is 9.52 Å². The van der Waals surface area contributed by atoms with Crippen LogP contribution in [0.1, 0.15) is 0 Å². The molecule has 26 heavy (non-hydrogen) atoms. The van der Waals surface area contributed by atoms with Gasteiger partial charge in [-0.15, -0.1) is 0 Å². The van der Waals surface area contributed by atoms with E-state index in [9.17, 15) is 9.90 Å². The first-order valence-electron chi connectivity index (χ1n) is 7.84. The van der Waals surface area contributed by atoms with Crippen LogP contribution in [-0.2, 0) is 0 Å². The summed E-state index contributed by atoms with van der Waals surface area (Å²) in [5.41, 5.74) is 2.42. The van der Waals surface area contributed by atoms with Crippen molar-refractivity contribution >= 4 is 34.2 Å². The molecule has 0 saturated heterocycles. The first kappa shape index (κ1) is 16.7. The fraction of sp³-hybridized carbons (Fsp3) is 0. The Morgan fingerprint density at radius 3 is 2.31 bits per heavy atom. The summed E-state index contributed by atoms with van der Waals surface area (Å²) in [6.07, 6.45) is 0. The molecule has 0 bridgehead atoms. The lowest BCUT2D eigenvalue weighted by Gasteiger charge is -2.09. The lowest BCUT2D eigenvalue weighted by molar-refractivity contribution is 0.475. The molecule has 0 aliphatic rings. The number of aromatic hydroxyl groups is 1. The van der Waals surface area contributed by atoms with Gasteiger partial charge in [-0.2, -0.15) is 0 Å². The molecule has 1 aromatic heterocycles. The Kier molecular flexibility index (Phi) is 4.19. The molecule has 0 aliphatic carbocycles. The van der Waals surface area contributed by atoms with Crippen LogP contribution < -0.4 is 5.43 Å². The van der Waals surface area contributed by atoms with Crippen molar-refractivity contribution in [1.29, 1.82) is 0 Å². The third-order valence-electron chi connectivity index (χ3n) is 4.08. The van der Waals surface area contributed by atoms with Gasteiger partial charge in [0.05, 0.1) is 5.39 Å². The minimum Gasteiger partial charge on any atom is -0.508 e. The van der Waals surface area contributed by atoms with E-state index in [2.05, 4.69) is 0 Å². The van der Waals surface area contributed by atoms with Crippen LogP contribution in [-0.4, -0.2) is 5.11 Å². The van der Waals surface area contributed by atoms with Crippen LogP contribution in [0.4, 0.5) is 0 Å². The first-order valence-corrected chi connectivity index (χ1v) is 8.59. The average Bonchev–Trinajstić information content (AvgIpc) is 2.62. The lowest BCUT2D eigenvalue weighted by Crippen LogP contribution is -2.01. The van der Waals surface area contributed by atoms with Crippen molar-refractivity contribution in [3.05, 3.63) is 87.0 Å². The molecule has 4 rings (SSSR count). The Morgan fingerprint density at radius 1 is 0.808 bits per heavy atom. The molecule has 4 aromatic rings. The number of fused-ring (bicyclic) bond motifs is 1. The van der Waals surface area contributed by atoms with Crippen LogP contribution >= 0.6 is 23.2 Å².